The lowest BCUT2D eigenvalue weighted by Crippen LogP contribution is -2.41. The van der Waals surface area contributed by atoms with Gasteiger partial charge < -0.3 is 10.1 Å². The molecule has 0 radical (unpaired) electrons. The van der Waals surface area contributed by atoms with Crippen molar-refractivity contribution in [1.29, 1.82) is 0 Å². The van der Waals surface area contributed by atoms with E-state index >= 15 is 0 Å². The van der Waals surface area contributed by atoms with E-state index in [0.717, 1.165) is 24.7 Å². The minimum atomic E-state index is -0.391. The Labute approximate surface area is 97.9 Å². The zero-order valence-corrected chi connectivity index (χ0v) is 10.6. The third kappa shape index (κ3) is 3.13. The van der Waals surface area contributed by atoms with Crippen LogP contribution in [0.5, 0.6) is 0 Å². The average Bonchev–Trinajstić information content (AvgIpc) is 2.42. The van der Waals surface area contributed by atoms with Crippen molar-refractivity contribution in [3.8, 4) is 0 Å². The van der Waals surface area contributed by atoms with Crippen molar-refractivity contribution < 1.29 is 9.53 Å². The lowest BCUT2D eigenvalue weighted by atomic mass is 9.85. The number of alkyl carbamates (subject to hydrolysis) is 1. The van der Waals surface area contributed by atoms with E-state index in [1.165, 1.54) is 19.3 Å². The van der Waals surface area contributed by atoms with Gasteiger partial charge in [-0.05, 0) is 51.9 Å². The van der Waals surface area contributed by atoms with Crippen LogP contribution in [0.2, 0.25) is 0 Å². The van der Waals surface area contributed by atoms with Gasteiger partial charge in [0.25, 0.3) is 0 Å². The maximum Gasteiger partial charge on any atom is 0.407 e. The van der Waals surface area contributed by atoms with Crippen LogP contribution >= 0.6 is 0 Å². The Balaban J connectivity index is 1.79. The molecule has 2 saturated carbocycles. The van der Waals surface area contributed by atoms with Crippen LogP contribution in [0.4, 0.5) is 4.79 Å². The van der Waals surface area contributed by atoms with Crippen LogP contribution in [0.3, 0.4) is 0 Å². The second-order valence-corrected chi connectivity index (χ2v) is 6.36. The van der Waals surface area contributed by atoms with E-state index in [9.17, 15) is 4.79 Å². The molecular formula is C13H23NO2. The predicted molar refractivity (Wildman–Crippen MR) is 63.2 cm³/mol. The van der Waals surface area contributed by atoms with E-state index in [-0.39, 0.29) is 6.09 Å². The van der Waals surface area contributed by atoms with Gasteiger partial charge in [-0.3, -0.25) is 0 Å². The summed E-state index contributed by atoms with van der Waals surface area (Å²) in [5.74, 6) is 1.69. The molecule has 2 aliphatic rings. The summed E-state index contributed by atoms with van der Waals surface area (Å²) in [6, 6.07) is 0.348. The average molecular weight is 225 g/mol. The molecule has 1 N–H and O–H groups in total. The number of amides is 1. The molecule has 0 aromatic rings. The quantitative estimate of drug-likeness (QED) is 0.744. The summed E-state index contributed by atoms with van der Waals surface area (Å²) in [4.78, 5) is 11.6. The van der Waals surface area contributed by atoms with E-state index in [1.807, 2.05) is 20.8 Å². The molecule has 0 heterocycles. The Morgan fingerprint density at radius 3 is 2.19 bits per heavy atom. The Morgan fingerprint density at radius 1 is 1.12 bits per heavy atom. The van der Waals surface area contributed by atoms with Crippen molar-refractivity contribution in [2.45, 2.75) is 64.5 Å². The van der Waals surface area contributed by atoms with Crippen molar-refractivity contribution in [2.75, 3.05) is 0 Å². The van der Waals surface area contributed by atoms with Gasteiger partial charge in [-0.25, -0.2) is 4.79 Å². The van der Waals surface area contributed by atoms with Gasteiger partial charge in [-0.15, -0.1) is 0 Å². The van der Waals surface area contributed by atoms with Gasteiger partial charge in [0.15, 0.2) is 0 Å². The van der Waals surface area contributed by atoms with Crippen LogP contribution in [0.25, 0.3) is 0 Å². The number of nitrogens with one attached hydrogen (secondary N) is 1. The third-order valence-electron chi connectivity index (χ3n) is 3.61. The molecule has 16 heavy (non-hydrogen) atoms. The van der Waals surface area contributed by atoms with Crippen LogP contribution in [0, 0.1) is 11.8 Å². The van der Waals surface area contributed by atoms with Gasteiger partial charge in [0, 0.05) is 6.04 Å². The highest BCUT2D eigenvalue weighted by Crippen LogP contribution is 2.41. The summed E-state index contributed by atoms with van der Waals surface area (Å²) in [6.45, 7) is 5.70. The van der Waals surface area contributed by atoms with E-state index in [0.29, 0.717) is 6.04 Å². The maximum atomic E-state index is 11.6. The second kappa shape index (κ2) is 4.27. The molecule has 2 aliphatic carbocycles. The lowest BCUT2D eigenvalue weighted by Gasteiger charge is -2.29. The number of carbonyl (C=O) groups excluding carboxylic acids is 1. The van der Waals surface area contributed by atoms with Crippen LogP contribution in [-0.2, 0) is 4.74 Å². The summed E-state index contributed by atoms with van der Waals surface area (Å²) in [5, 5.41) is 3.02. The van der Waals surface area contributed by atoms with Gasteiger partial charge in [0.2, 0.25) is 0 Å². The standard InChI is InChI=1S/C13H23NO2/c1-13(2,3)16-12(15)14-11-7-9-4-5-10(6-9)8-11/h9-11H,4-8H2,1-3H3,(H,14,15). The molecule has 92 valence electrons. The molecule has 0 saturated heterocycles. The van der Waals surface area contributed by atoms with Crippen molar-refractivity contribution in [1.82, 2.24) is 5.32 Å². The SMILES string of the molecule is CC(C)(C)OC(=O)NC1CC2CCC(C2)C1. The summed E-state index contributed by atoms with van der Waals surface area (Å²) in [6.07, 6.45) is 6.14. The van der Waals surface area contributed by atoms with Crippen LogP contribution in [0.1, 0.15) is 52.9 Å². The van der Waals surface area contributed by atoms with Crippen molar-refractivity contribution >= 4 is 6.09 Å². The highest BCUT2D eigenvalue weighted by molar-refractivity contribution is 5.68. The molecule has 0 spiro atoms. The molecule has 3 nitrogen and oxygen atoms in total. The molecular weight excluding hydrogens is 202 g/mol. The normalized spacial score (nSPS) is 33.6. The number of carbonyl (C=O) groups is 1. The van der Waals surface area contributed by atoms with Gasteiger partial charge in [0.05, 0.1) is 0 Å². The molecule has 1 amide bonds. The topological polar surface area (TPSA) is 38.3 Å². The number of ether oxygens (including phenoxy) is 1. The minimum Gasteiger partial charge on any atom is -0.444 e. The van der Waals surface area contributed by atoms with Crippen molar-refractivity contribution in [2.24, 2.45) is 11.8 Å². The highest BCUT2D eigenvalue weighted by atomic mass is 16.6. The Hall–Kier alpha value is -0.730. The fraction of sp³-hybridized carbons (Fsp3) is 0.923. The third-order valence-corrected chi connectivity index (χ3v) is 3.61. The number of hydrogen-bond donors (Lipinski definition) is 1. The first-order valence-electron chi connectivity index (χ1n) is 6.42. The summed E-state index contributed by atoms with van der Waals surface area (Å²) in [5.41, 5.74) is -0.391. The van der Waals surface area contributed by atoms with E-state index in [2.05, 4.69) is 5.32 Å². The van der Waals surface area contributed by atoms with Gasteiger partial charge >= 0.3 is 6.09 Å². The van der Waals surface area contributed by atoms with E-state index in [4.69, 9.17) is 4.74 Å². The number of fused-ring (bicyclic) bond motifs is 2. The minimum absolute atomic E-state index is 0.251. The second-order valence-electron chi connectivity index (χ2n) is 6.36. The Morgan fingerprint density at radius 2 is 1.69 bits per heavy atom. The van der Waals surface area contributed by atoms with Gasteiger partial charge in [-0.1, -0.05) is 12.8 Å². The fourth-order valence-electron chi connectivity index (χ4n) is 3.10. The van der Waals surface area contributed by atoms with Crippen LogP contribution in [0.15, 0.2) is 0 Å². The first kappa shape index (κ1) is 11.7. The molecule has 2 rings (SSSR count). The van der Waals surface area contributed by atoms with E-state index in [1.54, 1.807) is 0 Å². The summed E-state index contributed by atoms with van der Waals surface area (Å²) in [7, 11) is 0. The molecule has 2 atom stereocenters. The molecule has 2 fully saturated rings. The van der Waals surface area contributed by atoms with Crippen molar-refractivity contribution in [3.05, 3.63) is 0 Å². The molecule has 2 unspecified atom stereocenters. The predicted octanol–water partition coefficient (Wildman–Crippen LogP) is 3.09. The largest absolute Gasteiger partial charge is 0.444 e. The van der Waals surface area contributed by atoms with Crippen molar-refractivity contribution in [3.63, 3.8) is 0 Å². The molecule has 2 bridgehead atoms. The fourth-order valence-corrected chi connectivity index (χ4v) is 3.10. The zero-order chi connectivity index (χ0) is 11.8. The smallest absolute Gasteiger partial charge is 0.407 e. The molecule has 0 aromatic carbocycles. The Bertz CT molecular complexity index is 258. The van der Waals surface area contributed by atoms with Crippen LogP contribution in [-0.4, -0.2) is 17.7 Å². The maximum absolute atomic E-state index is 11.6. The Kier molecular flexibility index (Phi) is 3.13. The monoisotopic (exact) mass is 225 g/mol. The van der Waals surface area contributed by atoms with Gasteiger partial charge in [0.1, 0.15) is 5.60 Å². The van der Waals surface area contributed by atoms with Crippen LogP contribution < -0.4 is 5.32 Å². The molecule has 0 aromatic heterocycles. The first-order valence-corrected chi connectivity index (χ1v) is 6.42. The number of rotatable bonds is 1. The number of hydrogen-bond acceptors (Lipinski definition) is 2. The summed E-state index contributed by atoms with van der Waals surface area (Å²) >= 11 is 0. The first-order chi connectivity index (χ1) is 7.42. The lowest BCUT2D eigenvalue weighted by molar-refractivity contribution is 0.0483. The van der Waals surface area contributed by atoms with E-state index < -0.39 is 5.60 Å². The molecule has 0 aliphatic heterocycles. The zero-order valence-electron chi connectivity index (χ0n) is 10.6. The van der Waals surface area contributed by atoms with Gasteiger partial charge in [-0.2, -0.15) is 0 Å². The molecule has 3 heteroatoms. The summed E-state index contributed by atoms with van der Waals surface area (Å²) < 4.78 is 5.28. The highest BCUT2D eigenvalue weighted by Gasteiger charge is 2.35.